The molecule has 2 atom stereocenters. The maximum atomic E-state index is 6.30. The lowest BCUT2D eigenvalue weighted by Gasteiger charge is -2.42. The first-order valence-corrected chi connectivity index (χ1v) is 6.62. The maximum Gasteiger partial charge on any atom is 0.0780 e. The van der Waals surface area contributed by atoms with Crippen molar-refractivity contribution in [2.24, 2.45) is 5.92 Å². The lowest BCUT2D eigenvalue weighted by molar-refractivity contribution is -0.132. The molecule has 1 saturated heterocycles. The maximum absolute atomic E-state index is 6.30. The van der Waals surface area contributed by atoms with E-state index in [1.807, 2.05) is 0 Å². The molecular weight excluding hydrogens is 186 g/mol. The van der Waals surface area contributed by atoms with Gasteiger partial charge >= 0.3 is 0 Å². The number of hydrogen-bond acceptors (Lipinski definition) is 2. The minimum Gasteiger partial charge on any atom is -0.369 e. The molecule has 15 heavy (non-hydrogen) atoms. The van der Waals surface area contributed by atoms with Crippen LogP contribution in [0.4, 0.5) is 0 Å². The Morgan fingerprint density at radius 1 is 1.27 bits per heavy atom. The minimum atomic E-state index is 0.0837. The molecule has 1 aliphatic heterocycles. The second-order valence-corrected chi connectivity index (χ2v) is 5.49. The lowest BCUT2D eigenvalue weighted by Crippen LogP contribution is -2.54. The molecule has 2 unspecified atom stereocenters. The number of morpholine rings is 1. The first-order chi connectivity index (χ1) is 7.23. The van der Waals surface area contributed by atoms with Crippen molar-refractivity contribution in [1.82, 2.24) is 5.32 Å². The number of rotatable bonds is 2. The molecule has 0 aromatic rings. The highest BCUT2D eigenvalue weighted by atomic mass is 16.5. The average molecular weight is 211 g/mol. The van der Waals surface area contributed by atoms with Crippen molar-refractivity contribution in [3.8, 4) is 0 Å². The normalized spacial score (nSPS) is 39.2. The summed E-state index contributed by atoms with van der Waals surface area (Å²) in [5.41, 5.74) is 0.0837. The monoisotopic (exact) mass is 211 g/mol. The van der Waals surface area contributed by atoms with Gasteiger partial charge in [-0.25, -0.2) is 0 Å². The quantitative estimate of drug-likeness (QED) is 0.758. The Hall–Kier alpha value is -0.0800. The second kappa shape index (κ2) is 4.84. The van der Waals surface area contributed by atoms with Crippen LogP contribution in [0, 0.1) is 5.92 Å². The van der Waals surface area contributed by atoms with Gasteiger partial charge in [0.1, 0.15) is 0 Å². The smallest absolute Gasteiger partial charge is 0.0780 e. The summed E-state index contributed by atoms with van der Waals surface area (Å²) in [6.07, 6.45) is 8.60. The summed E-state index contributed by atoms with van der Waals surface area (Å²) >= 11 is 0. The molecular formula is C13H25NO. The van der Waals surface area contributed by atoms with Crippen molar-refractivity contribution in [1.29, 1.82) is 0 Å². The van der Waals surface area contributed by atoms with E-state index in [2.05, 4.69) is 19.2 Å². The molecule has 0 aromatic carbocycles. The molecule has 2 heteroatoms. The van der Waals surface area contributed by atoms with Crippen LogP contribution in [-0.2, 0) is 4.74 Å². The number of nitrogens with one attached hydrogen (secondary N) is 1. The van der Waals surface area contributed by atoms with E-state index in [9.17, 15) is 0 Å². The Balaban J connectivity index is 1.91. The Bertz CT molecular complexity index is 201. The van der Waals surface area contributed by atoms with Gasteiger partial charge in [0, 0.05) is 13.1 Å². The van der Waals surface area contributed by atoms with Crippen molar-refractivity contribution in [2.75, 3.05) is 13.1 Å². The van der Waals surface area contributed by atoms with E-state index in [1.54, 1.807) is 0 Å². The first kappa shape index (κ1) is 11.4. The molecule has 2 nitrogen and oxygen atoms in total. The van der Waals surface area contributed by atoms with Gasteiger partial charge in [-0.05, 0) is 32.1 Å². The zero-order valence-electron chi connectivity index (χ0n) is 10.2. The predicted octanol–water partition coefficient (Wildman–Crippen LogP) is 2.72. The van der Waals surface area contributed by atoms with Gasteiger partial charge in [-0.3, -0.25) is 0 Å². The van der Waals surface area contributed by atoms with Crippen LogP contribution in [0.15, 0.2) is 0 Å². The number of hydrogen-bond donors (Lipinski definition) is 1. The summed E-state index contributed by atoms with van der Waals surface area (Å²) in [7, 11) is 0. The van der Waals surface area contributed by atoms with E-state index in [4.69, 9.17) is 4.74 Å². The van der Waals surface area contributed by atoms with Crippen LogP contribution >= 0.6 is 0 Å². The molecule has 0 bridgehead atoms. The van der Waals surface area contributed by atoms with Gasteiger partial charge < -0.3 is 10.1 Å². The standard InChI is InChI=1S/C13H25NO/c1-3-13(2)10-14-9-12(15-13)11-7-5-4-6-8-11/h11-12,14H,3-10H2,1-2H3. The fourth-order valence-corrected chi connectivity index (χ4v) is 2.90. The highest BCUT2D eigenvalue weighted by molar-refractivity contribution is 4.87. The third-order valence-corrected chi connectivity index (χ3v) is 4.20. The molecule has 2 aliphatic rings. The van der Waals surface area contributed by atoms with E-state index < -0.39 is 0 Å². The molecule has 2 fully saturated rings. The number of ether oxygens (including phenoxy) is 1. The van der Waals surface area contributed by atoms with Crippen LogP contribution in [0.1, 0.15) is 52.4 Å². The van der Waals surface area contributed by atoms with Crippen molar-refractivity contribution in [2.45, 2.75) is 64.1 Å². The molecule has 0 radical (unpaired) electrons. The molecule has 0 aromatic heterocycles. The van der Waals surface area contributed by atoms with Crippen molar-refractivity contribution in [3.05, 3.63) is 0 Å². The second-order valence-electron chi connectivity index (χ2n) is 5.49. The fraction of sp³-hybridized carbons (Fsp3) is 1.00. The van der Waals surface area contributed by atoms with Gasteiger partial charge in [0.25, 0.3) is 0 Å². The SMILES string of the molecule is CCC1(C)CNCC(C2CCCCC2)O1. The predicted molar refractivity (Wildman–Crippen MR) is 63.0 cm³/mol. The Labute approximate surface area is 93.8 Å². The van der Waals surface area contributed by atoms with E-state index >= 15 is 0 Å². The molecule has 1 N–H and O–H groups in total. The lowest BCUT2D eigenvalue weighted by atomic mass is 9.84. The van der Waals surface area contributed by atoms with E-state index in [0.717, 1.165) is 25.4 Å². The van der Waals surface area contributed by atoms with Crippen LogP contribution in [0.3, 0.4) is 0 Å². The van der Waals surface area contributed by atoms with Crippen LogP contribution < -0.4 is 5.32 Å². The Kier molecular flexibility index (Phi) is 3.68. The summed E-state index contributed by atoms with van der Waals surface area (Å²) in [5.74, 6) is 0.817. The fourth-order valence-electron chi connectivity index (χ4n) is 2.90. The summed E-state index contributed by atoms with van der Waals surface area (Å²) in [4.78, 5) is 0. The Morgan fingerprint density at radius 3 is 2.67 bits per heavy atom. The summed E-state index contributed by atoms with van der Waals surface area (Å²) < 4.78 is 6.30. The molecule has 88 valence electrons. The van der Waals surface area contributed by atoms with E-state index in [-0.39, 0.29) is 5.60 Å². The van der Waals surface area contributed by atoms with Crippen LogP contribution in [0.2, 0.25) is 0 Å². The van der Waals surface area contributed by atoms with Crippen LogP contribution in [0.5, 0.6) is 0 Å². The minimum absolute atomic E-state index is 0.0837. The molecule has 2 rings (SSSR count). The topological polar surface area (TPSA) is 21.3 Å². The zero-order valence-corrected chi connectivity index (χ0v) is 10.2. The van der Waals surface area contributed by atoms with Gasteiger partial charge in [0.2, 0.25) is 0 Å². The highest BCUT2D eigenvalue weighted by Gasteiger charge is 2.35. The molecule has 1 aliphatic carbocycles. The van der Waals surface area contributed by atoms with Gasteiger partial charge in [-0.15, -0.1) is 0 Å². The summed E-state index contributed by atoms with van der Waals surface area (Å²) in [5, 5.41) is 3.55. The summed E-state index contributed by atoms with van der Waals surface area (Å²) in [6, 6.07) is 0. The van der Waals surface area contributed by atoms with Gasteiger partial charge in [0.15, 0.2) is 0 Å². The summed E-state index contributed by atoms with van der Waals surface area (Å²) in [6.45, 7) is 6.56. The average Bonchev–Trinajstić information content (AvgIpc) is 2.30. The van der Waals surface area contributed by atoms with Crippen LogP contribution in [0.25, 0.3) is 0 Å². The highest BCUT2D eigenvalue weighted by Crippen LogP contribution is 2.32. The van der Waals surface area contributed by atoms with Gasteiger partial charge in [-0.1, -0.05) is 26.2 Å². The third kappa shape index (κ3) is 2.73. The molecule has 0 amide bonds. The first-order valence-electron chi connectivity index (χ1n) is 6.62. The van der Waals surface area contributed by atoms with E-state index in [1.165, 1.54) is 32.1 Å². The van der Waals surface area contributed by atoms with E-state index in [0.29, 0.717) is 6.10 Å². The largest absolute Gasteiger partial charge is 0.369 e. The van der Waals surface area contributed by atoms with Crippen LogP contribution in [-0.4, -0.2) is 24.8 Å². The Morgan fingerprint density at radius 2 is 2.00 bits per heavy atom. The van der Waals surface area contributed by atoms with Gasteiger partial charge in [-0.2, -0.15) is 0 Å². The van der Waals surface area contributed by atoms with Crippen molar-refractivity contribution < 1.29 is 4.74 Å². The third-order valence-electron chi connectivity index (χ3n) is 4.20. The molecule has 1 heterocycles. The van der Waals surface area contributed by atoms with Crippen molar-refractivity contribution in [3.63, 3.8) is 0 Å². The van der Waals surface area contributed by atoms with Gasteiger partial charge in [0.05, 0.1) is 11.7 Å². The van der Waals surface area contributed by atoms with Crippen molar-refractivity contribution >= 4 is 0 Å². The molecule has 1 saturated carbocycles. The zero-order chi connectivity index (χ0) is 10.7. The molecule has 0 spiro atoms.